The van der Waals surface area contributed by atoms with Crippen molar-refractivity contribution in [2.45, 2.75) is 25.3 Å². The first kappa shape index (κ1) is 20.6. The predicted octanol–water partition coefficient (Wildman–Crippen LogP) is 2.69. The van der Waals surface area contributed by atoms with Gasteiger partial charge in [-0.15, -0.1) is 0 Å². The number of hydrogen-bond acceptors (Lipinski definition) is 5. The first-order valence-corrected chi connectivity index (χ1v) is 10.5. The highest BCUT2D eigenvalue weighted by Crippen LogP contribution is 2.25. The van der Waals surface area contributed by atoms with E-state index in [-0.39, 0.29) is 17.3 Å². The van der Waals surface area contributed by atoms with Crippen LogP contribution in [0.1, 0.15) is 16.7 Å². The number of thiophene rings is 1. The summed E-state index contributed by atoms with van der Waals surface area (Å²) < 4.78 is 26.0. The zero-order chi connectivity index (χ0) is 19.5. The van der Waals surface area contributed by atoms with Gasteiger partial charge in [0.2, 0.25) is 15.9 Å². The lowest BCUT2D eigenvalue weighted by atomic mass is 10.1. The van der Waals surface area contributed by atoms with Gasteiger partial charge >= 0.3 is 0 Å². The SMILES string of the molecule is Cc1cc(S(=O)(=O)N(C)C)cc(NC(=O)CN(C)Cc2ccsc2)c1C. The maximum atomic E-state index is 12.4. The zero-order valence-electron chi connectivity index (χ0n) is 15.7. The maximum Gasteiger partial charge on any atom is 0.242 e. The fourth-order valence-electron chi connectivity index (χ4n) is 2.50. The monoisotopic (exact) mass is 395 g/mol. The van der Waals surface area contributed by atoms with Crippen molar-refractivity contribution in [3.05, 3.63) is 45.6 Å². The number of anilines is 1. The van der Waals surface area contributed by atoms with Gasteiger partial charge in [0.25, 0.3) is 0 Å². The molecular weight excluding hydrogens is 370 g/mol. The third kappa shape index (κ3) is 4.91. The molecule has 6 nitrogen and oxygen atoms in total. The second kappa shape index (κ2) is 8.30. The number of hydrogen-bond donors (Lipinski definition) is 1. The molecule has 0 unspecified atom stereocenters. The van der Waals surface area contributed by atoms with Crippen LogP contribution in [-0.4, -0.2) is 51.2 Å². The van der Waals surface area contributed by atoms with Gasteiger partial charge in [-0.05, 0) is 66.5 Å². The first-order valence-electron chi connectivity index (χ1n) is 8.14. The number of sulfonamides is 1. The van der Waals surface area contributed by atoms with Crippen LogP contribution in [0.15, 0.2) is 33.9 Å². The molecule has 2 aromatic rings. The van der Waals surface area contributed by atoms with Crippen molar-refractivity contribution in [1.29, 1.82) is 0 Å². The second-order valence-electron chi connectivity index (χ2n) is 6.55. The Morgan fingerprint density at radius 1 is 1.19 bits per heavy atom. The molecule has 1 heterocycles. The molecular formula is C18H25N3O3S2. The number of nitrogens with zero attached hydrogens (tertiary/aromatic N) is 2. The standard InChI is InChI=1S/C18H25N3O3S2/c1-13-8-16(26(23,24)20(3)4)9-17(14(13)2)19-18(22)11-21(5)10-15-6-7-25-12-15/h6-9,12H,10-11H2,1-5H3,(H,19,22). The summed E-state index contributed by atoms with van der Waals surface area (Å²) in [5, 5.41) is 6.91. The van der Waals surface area contributed by atoms with E-state index >= 15 is 0 Å². The molecule has 142 valence electrons. The highest BCUT2D eigenvalue weighted by atomic mass is 32.2. The van der Waals surface area contributed by atoms with E-state index in [9.17, 15) is 13.2 Å². The molecule has 0 spiro atoms. The zero-order valence-corrected chi connectivity index (χ0v) is 17.4. The minimum Gasteiger partial charge on any atom is -0.325 e. The van der Waals surface area contributed by atoms with E-state index < -0.39 is 10.0 Å². The number of aryl methyl sites for hydroxylation is 1. The van der Waals surface area contributed by atoms with Gasteiger partial charge < -0.3 is 5.32 Å². The number of carbonyl (C=O) groups is 1. The van der Waals surface area contributed by atoms with Crippen molar-refractivity contribution in [2.24, 2.45) is 0 Å². The van der Waals surface area contributed by atoms with E-state index in [0.29, 0.717) is 12.2 Å². The average molecular weight is 396 g/mol. The van der Waals surface area contributed by atoms with Crippen LogP contribution in [0.25, 0.3) is 0 Å². The first-order chi connectivity index (χ1) is 12.1. The number of rotatable bonds is 7. The summed E-state index contributed by atoms with van der Waals surface area (Å²) in [6, 6.07) is 5.18. The molecule has 0 fully saturated rings. The molecule has 1 aromatic heterocycles. The van der Waals surface area contributed by atoms with Gasteiger partial charge in [-0.3, -0.25) is 9.69 Å². The number of carbonyl (C=O) groups excluding carboxylic acids is 1. The minimum atomic E-state index is -3.56. The Bertz CT molecular complexity index is 875. The van der Waals surface area contributed by atoms with Crippen LogP contribution in [0.2, 0.25) is 0 Å². The van der Waals surface area contributed by atoms with Crippen LogP contribution in [0.5, 0.6) is 0 Å². The van der Waals surface area contributed by atoms with Gasteiger partial charge in [-0.1, -0.05) is 0 Å². The van der Waals surface area contributed by atoms with Crippen LogP contribution in [0.3, 0.4) is 0 Å². The van der Waals surface area contributed by atoms with Crippen molar-refractivity contribution in [3.63, 3.8) is 0 Å². The topological polar surface area (TPSA) is 69.7 Å². The van der Waals surface area contributed by atoms with Crippen LogP contribution >= 0.6 is 11.3 Å². The van der Waals surface area contributed by atoms with Crippen LogP contribution in [0, 0.1) is 13.8 Å². The third-order valence-corrected chi connectivity index (χ3v) is 6.66. The molecule has 0 aliphatic rings. The number of nitrogens with one attached hydrogen (secondary N) is 1. The number of amides is 1. The molecule has 1 amide bonds. The summed E-state index contributed by atoms with van der Waals surface area (Å²) in [5.74, 6) is -0.176. The van der Waals surface area contributed by atoms with Crippen molar-refractivity contribution in [2.75, 3.05) is 33.0 Å². The van der Waals surface area contributed by atoms with Crippen LogP contribution in [-0.2, 0) is 21.4 Å². The summed E-state index contributed by atoms with van der Waals surface area (Å²) in [5.41, 5.74) is 3.36. The van der Waals surface area contributed by atoms with Gasteiger partial charge in [0.1, 0.15) is 0 Å². The largest absolute Gasteiger partial charge is 0.325 e. The molecule has 0 atom stereocenters. The Kier molecular flexibility index (Phi) is 6.57. The summed E-state index contributed by atoms with van der Waals surface area (Å²) in [7, 11) is 1.29. The summed E-state index contributed by atoms with van der Waals surface area (Å²) >= 11 is 1.62. The molecule has 8 heteroatoms. The van der Waals surface area contributed by atoms with E-state index in [4.69, 9.17) is 0 Å². The highest BCUT2D eigenvalue weighted by Gasteiger charge is 2.20. The lowest BCUT2D eigenvalue weighted by Gasteiger charge is -2.18. The van der Waals surface area contributed by atoms with E-state index in [1.54, 1.807) is 17.4 Å². The van der Waals surface area contributed by atoms with Gasteiger partial charge in [-0.25, -0.2) is 12.7 Å². The van der Waals surface area contributed by atoms with E-state index in [2.05, 4.69) is 10.7 Å². The number of benzene rings is 1. The second-order valence-corrected chi connectivity index (χ2v) is 9.48. The Morgan fingerprint density at radius 3 is 2.46 bits per heavy atom. The fraction of sp³-hybridized carbons (Fsp3) is 0.389. The quantitative estimate of drug-likeness (QED) is 0.783. The lowest BCUT2D eigenvalue weighted by Crippen LogP contribution is -2.30. The molecule has 2 rings (SSSR count). The molecule has 0 aliphatic carbocycles. The average Bonchev–Trinajstić information content (AvgIpc) is 3.03. The fourth-order valence-corrected chi connectivity index (χ4v) is 4.17. The lowest BCUT2D eigenvalue weighted by molar-refractivity contribution is -0.117. The summed E-state index contributed by atoms with van der Waals surface area (Å²) in [4.78, 5) is 14.5. The van der Waals surface area contributed by atoms with E-state index in [0.717, 1.165) is 21.0 Å². The van der Waals surface area contributed by atoms with Crippen molar-refractivity contribution >= 4 is 33.0 Å². The molecule has 0 aliphatic heterocycles. The van der Waals surface area contributed by atoms with E-state index in [1.165, 1.54) is 20.2 Å². The smallest absolute Gasteiger partial charge is 0.242 e. The van der Waals surface area contributed by atoms with Gasteiger partial charge in [-0.2, -0.15) is 11.3 Å². The molecule has 1 N–H and O–H groups in total. The Balaban J connectivity index is 2.15. The van der Waals surface area contributed by atoms with Crippen molar-refractivity contribution in [3.8, 4) is 0 Å². The molecule has 0 bridgehead atoms. The van der Waals surface area contributed by atoms with Crippen molar-refractivity contribution in [1.82, 2.24) is 9.21 Å². The van der Waals surface area contributed by atoms with Gasteiger partial charge in [0, 0.05) is 26.3 Å². The van der Waals surface area contributed by atoms with Crippen molar-refractivity contribution < 1.29 is 13.2 Å². The Hall–Kier alpha value is -1.74. The van der Waals surface area contributed by atoms with Crippen LogP contribution in [0.4, 0.5) is 5.69 Å². The summed E-state index contributed by atoms with van der Waals surface area (Å²) in [6.07, 6.45) is 0. The Morgan fingerprint density at radius 2 is 1.88 bits per heavy atom. The number of likely N-dealkylation sites (N-methyl/N-ethyl adjacent to an activating group) is 1. The molecule has 26 heavy (non-hydrogen) atoms. The van der Waals surface area contributed by atoms with Gasteiger partial charge in [0.15, 0.2) is 0 Å². The maximum absolute atomic E-state index is 12.4. The Labute approximate surface area is 159 Å². The molecule has 0 radical (unpaired) electrons. The van der Waals surface area contributed by atoms with Crippen LogP contribution < -0.4 is 5.32 Å². The third-order valence-electron chi connectivity index (χ3n) is 4.14. The minimum absolute atomic E-state index is 0.174. The van der Waals surface area contributed by atoms with Gasteiger partial charge in [0.05, 0.1) is 11.4 Å². The molecule has 0 saturated carbocycles. The predicted molar refractivity (Wildman–Crippen MR) is 106 cm³/mol. The normalized spacial score (nSPS) is 12.0. The highest BCUT2D eigenvalue weighted by molar-refractivity contribution is 7.89. The molecule has 1 aromatic carbocycles. The van der Waals surface area contributed by atoms with E-state index in [1.807, 2.05) is 37.2 Å². The molecule has 0 saturated heterocycles. The summed E-state index contributed by atoms with van der Waals surface area (Å²) in [6.45, 7) is 4.61.